The van der Waals surface area contributed by atoms with Crippen molar-refractivity contribution in [2.45, 2.75) is 37.8 Å². The van der Waals surface area contributed by atoms with Crippen LogP contribution in [0.25, 0.3) is 0 Å². The molecular weight excluding hydrogens is 262 g/mol. The molecule has 3 aliphatic rings. The second-order valence-corrected chi connectivity index (χ2v) is 6.70. The van der Waals surface area contributed by atoms with Crippen LogP contribution in [0.2, 0.25) is 0 Å². The quantitative estimate of drug-likeness (QED) is 0.828. The van der Waals surface area contributed by atoms with E-state index in [1.807, 2.05) is 24.4 Å². The first-order valence-corrected chi connectivity index (χ1v) is 8.44. The summed E-state index contributed by atoms with van der Waals surface area (Å²) in [5.74, 6) is 1.50. The molecule has 2 bridgehead atoms. The van der Waals surface area contributed by atoms with Gasteiger partial charge in [0.25, 0.3) is 0 Å². The number of pyridine rings is 1. The fourth-order valence-corrected chi connectivity index (χ4v) is 4.31. The van der Waals surface area contributed by atoms with E-state index in [2.05, 4.69) is 14.8 Å². The largest absolute Gasteiger partial charge is 0.472 e. The highest BCUT2D eigenvalue weighted by Gasteiger charge is 2.48. The molecule has 1 aromatic heterocycles. The fraction of sp³-hybridized carbons (Fsp3) is 0.706. The van der Waals surface area contributed by atoms with Gasteiger partial charge in [-0.05, 0) is 44.8 Å². The second-order valence-electron chi connectivity index (χ2n) is 6.70. The van der Waals surface area contributed by atoms with E-state index in [0.717, 1.165) is 5.88 Å². The summed E-state index contributed by atoms with van der Waals surface area (Å²) in [5.41, 5.74) is 0. The summed E-state index contributed by atoms with van der Waals surface area (Å²) >= 11 is 0. The first-order valence-electron chi connectivity index (χ1n) is 8.44. The summed E-state index contributed by atoms with van der Waals surface area (Å²) in [6.45, 7) is 6.27. The Kier molecular flexibility index (Phi) is 3.82. The molecule has 2 saturated heterocycles. The Morgan fingerprint density at radius 2 is 2.05 bits per heavy atom. The van der Waals surface area contributed by atoms with Crippen LogP contribution in [0.3, 0.4) is 0 Å². The number of nitrogens with zero attached hydrogens (tertiary/aromatic N) is 3. The minimum atomic E-state index is 0.360. The molecule has 0 N–H and O–H groups in total. The first kappa shape index (κ1) is 13.5. The summed E-state index contributed by atoms with van der Waals surface area (Å²) in [4.78, 5) is 9.60. The smallest absolute Gasteiger partial charge is 0.213 e. The van der Waals surface area contributed by atoms with Gasteiger partial charge in [-0.1, -0.05) is 6.07 Å². The maximum Gasteiger partial charge on any atom is 0.213 e. The number of hydrogen-bond donors (Lipinski definition) is 0. The Balaban J connectivity index is 1.34. The highest BCUT2D eigenvalue weighted by atomic mass is 16.5. The van der Waals surface area contributed by atoms with Crippen LogP contribution in [0.1, 0.15) is 25.7 Å². The summed E-state index contributed by atoms with van der Waals surface area (Å²) in [6.07, 6.45) is 7.56. The van der Waals surface area contributed by atoms with Gasteiger partial charge in [0, 0.05) is 43.9 Å². The maximum absolute atomic E-state index is 6.20. The number of fused-ring (bicyclic) bond motifs is 2. The van der Waals surface area contributed by atoms with E-state index in [1.165, 1.54) is 58.4 Å². The van der Waals surface area contributed by atoms with E-state index < -0.39 is 0 Å². The summed E-state index contributed by atoms with van der Waals surface area (Å²) in [6, 6.07) is 6.54. The van der Waals surface area contributed by atoms with Gasteiger partial charge in [0.2, 0.25) is 5.88 Å². The van der Waals surface area contributed by atoms with Crippen LogP contribution in [0.5, 0.6) is 5.88 Å². The Labute approximate surface area is 127 Å². The van der Waals surface area contributed by atoms with Crippen molar-refractivity contribution in [3.8, 4) is 5.88 Å². The molecule has 3 atom stereocenters. The SMILES string of the molecule is c1ccc(OC2C3CCC2N(CCN2CCCC2)C3)nc1. The molecule has 3 heterocycles. The average Bonchev–Trinajstić information content (AvgIpc) is 3.23. The van der Waals surface area contributed by atoms with E-state index in [1.54, 1.807) is 0 Å². The molecule has 4 heteroatoms. The Bertz CT molecular complexity index is 460. The number of likely N-dealkylation sites (tertiary alicyclic amines) is 2. The first-order chi connectivity index (χ1) is 10.4. The van der Waals surface area contributed by atoms with Crippen molar-refractivity contribution in [1.29, 1.82) is 0 Å². The molecule has 114 valence electrons. The Morgan fingerprint density at radius 3 is 2.86 bits per heavy atom. The monoisotopic (exact) mass is 287 g/mol. The van der Waals surface area contributed by atoms with Gasteiger partial charge in [-0.3, -0.25) is 4.90 Å². The lowest BCUT2D eigenvalue weighted by Crippen LogP contribution is -2.40. The second kappa shape index (κ2) is 5.93. The molecule has 0 amide bonds. The fourth-order valence-electron chi connectivity index (χ4n) is 4.31. The molecule has 1 aromatic rings. The number of rotatable bonds is 5. The zero-order chi connectivity index (χ0) is 14.1. The normalized spacial score (nSPS) is 32.9. The van der Waals surface area contributed by atoms with E-state index in [-0.39, 0.29) is 0 Å². The lowest BCUT2D eigenvalue weighted by molar-refractivity contribution is 0.133. The number of piperidine rings is 1. The molecule has 3 fully saturated rings. The van der Waals surface area contributed by atoms with Crippen LogP contribution in [-0.4, -0.2) is 59.7 Å². The van der Waals surface area contributed by atoms with Crippen molar-refractivity contribution in [3.05, 3.63) is 24.4 Å². The molecule has 4 rings (SSSR count). The summed E-state index contributed by atoms with van der Waals surface area (Å²) < 4.78 is 6.20. The number of aromatic nitrogens is 1. The van der Waals surface area contributed by atoms with Gasteiger partial charge in [-0.15, -0.1) is 0 Å². The van der Waals surface area contributed by atoms with Crippen LogP contribution in [-0.2, 0) is 0 Å². The molecule has 3 unspecified atom stereocenters. The van der Waals surface area contributed by atoms with Gasteiger partial charge in [0.05, 0.1) is 0 Å². The van der Waals surface area contributed by atoms with E-state index in [9.17, 15) is 0 Å². The van der Waals surface area contributed by atoms with Crippen molar-refractivity contribution in [1.82, 2.24) is 14.8 Å². The van der Waals surface area contributed by atoms with Crippen LogP contribution < -0.4 is 4.74 Å². The molecule has 0 radical (unpaired) electrons. The van der Waals surface area contributed by atoms with Crippen molar-refractivity contribution in [2.75, 3.05) is 32.7 Å². The third-order valence-electron chi connectivity index (χ3n) is 5.41. The average molecular weight is 287 g/mol. The van der Waals surface area contributed by atoms with Crippen molar-refractivity contribution in [3.63, 3.8) is 0 Å². The lowest BCUT2D eigenvalue weighted by Gasteiger charge is -2.28. The third-order valence-corrected chi connectivity index (χ3v) is 5.41. The van der Waals surface area contributed by atoms with E-state index >= 15 is 0 Å². The Hall–Kier alpha value is -1.13. The van der Waals surface area contributed by atoms with Crippen LogP contribution in [0, 0.1) is 5.92 Å². The Morgan fingerprint density at radius 1 is 1.14 bits per heavy atom. The lowest BCUT2D eigenvalue weighted by atomic mass is 10.1. The van der Waals surface area contributed by atoms with E-state index in [4.69, 9.17) is 4.74 Å². The van der Waals surface area contributed by atoms with E-state index in [0.29, 0.717) is 18.1 Å². The molecule has 1 saturated carbocycles. The predicted molar refractivity (Wildman–Crippen MR) is 82.4 cm³/mol. The molecule has 2 aliphatic heterocycles. The number of ether oxygens (including phenoxy) is 1. The van der Waals surface area contributed by atoms with Crippen molar-refractivity contribution >= 4 is 0 Å². The summed E-state index contributed by atoms with van der Waals surface area (Å²) in [7, 11) is 0. The zero-order valence-electron chi connectivity index (χ0n) is 12.7. The van der Waals surface area contributed by atoms with Crippen molar-refractivity contribution < 1.29 is 4.74 Å². The van der Waals surface area contributed by atoms with Crippen LogP contribution >= 0.6 is 0 Å². The van der Waals surface area contributed by atoms with Gasteiger partial charge in [0.1, 0.15) is 6.10 Å². The predicted octanol–water partition coefficient (Wildman–Crippen LogP) is 2.02. The zero-order valence-corrected chi connectivity index (χ0v) is 12.7. The third kappa shape index (κ3) is 2.79. The van der Waals surface area contributed by atoms with Gasteiger partial charge >= 0.3 is 0 Å². The molecule has 4 nitrogen and oxygen atoms in total. The molecule has 1 aliphatic carbocycles. The molecule has 21 heavy (non-hydrogen) atoms. The topological polar surface area (TPSA) is 28.6 Å². The number of hydrogen-bond acceptors (Lipinski definition) is 4. The van der Waals surface area contributed by atoms with Crippen LogP contribution in [0.4, 0.5) is 0 Å². The molecule has 0 aromatic carbocycles. The highest BCUT2D eigenvalue weighted by molar-refractivity contribution is 5.12. The molecular formula is C17H25N3O. The standard InChI is InChI=1S/C17H25N3O/c1-2-8-18-16(5-1)21-17-14-6-7-15(17)20(13-14)12-11-19-9-3-4-10-19/h1-2,5,8,14-15,17H,3-4,6-7,9-13H2. The minimum Gasteiger partial charge on any atom is -0.472 e. The van der Waals surface area contributed by atoms with Gasteiger partial charge in [-0.2, -0.15) is 0 Å². The van der Waals surface area contributed by atoms with Gasteiger partial charge < -0.3 is 9.64 Å². The van der Waals surface area contributed by atoms with Gasteiger partial charge in [0.15, 0.2) is 0 Å². The summed E-state index contributed by atoms with van der Waals surface area (Å²) in [5, 5.41) is 0. The molecule has 0 spiro atoms. The van der Waals surface area contributed by atoms with Crippen LogP contribution in [0.15, 0.2) is 24.4 Å². The van der Waals surface area contributed by atoms with Gasteiger partial charge in [-0.25, -0.2) is 4.98 Å². The minimum absolute atomic E-state index is 0.360. The maximum atomic E-state index is 6.20. The highest BCUT2D eigenvalue weighted by Crippen LogP contribution is 2.39. The van der Waals surface area contributed by atoms with Crippen molar-refractivity contribution in [2.24, 2.45) is 5.92 Å².